The molecule has 0 saturated carbocycles. The number of carbonyl (C=O) groups is 1. The molecule has 1 N–H and O–H groups in total. The molecule has 0 radical (unpaired) electrons. The molecule has 0 amide bonds. The minimum absolute atomic E-state index is 0.0936. The van der Waals surface area contributed by atoms with E-state index in [2.05, 4.69) is 0 Å². The van der Waals surface area contributed by atoms with Gasteiger partial charge in [-0.25, -0.2) is 4.79 Å². The highest BCUT2D eigenvalue weighted by molar-refractivity contribution is 6.07. The maximum absolute atomic E-state index is 11.0. The fourth-order valence-corrected chi connectivity index (χ4v) is 1.78. The zero-order valence-corrected chi connectivity index (χ0v) is 8.64. The van der Waals surface area contributed by atoms with Gasteiger partial charge in [0.15, 0.2) is 0 Å². The number of hydrogen-bond acceptors (Lipinski definition) is 3. The molecule has 0 aliphatic carbocycles. The van der Waals surface area contributed by atoms with Gasteiger partial charge in [-0.3, -0.25) is 0 Å². The van der Waals surface area contributed by atoms with Gasteiger partial charge >= 0.3 is 5.97 Å². The van der Waals surface area contributed by atoms with Crippen LogP contribution in [0.5, 0.6) is 0 Å². The first kappa shape index (κ1) is 10.7. The van der Waals surface area contributed by atoms with E-state index in [1.807, 2.05) is 12.1 Å². The van der Waals surface area contributed by atoms with E-state index >= 15 is 0 Å². The zero-order valence-electron chi connectivity index (χ0n) is 8.64. The van der Waals surface area contributed by atoms with Crippen LogP contribution in [0.1, 0.15) is 21.5 Å². The molecule has 0 unspecified atom stereocenters. The van der Waals surface area contributed by atoms with Gasteiger partial charge in [-0.05, 0) is 23.6 Å². The number of rotatable bonds is 1. The average Bonchev–Trinajstić information content (AvgIpc) is 2.36. The number of carboxylic acids is 1. The smallest absolute Gasteiger partial charge is 0.336 e. The standard InChI is InChI=1S/C13H6N2O2/c14-6-8-2-1-3-10-11(13(16)17)5-4-9(7-15)12(8)10/h1-5H,(H,16,17). The second-order valence-corrected chi connectivity index (χ2v) is 3.42. The normalized spacial score (nSPS) is 9.53. The van der Waals surface area contributed by atoms with Gasteiger partial charge in [-0.2, -0.15) is 10.5 Å². The molecule has 2 aromatic carbocycles. The minimum Gasteiger partial charge on any atom is -0.478 e. The van der Waals surface area contributed by atoms with E-state index in [9.17, 15) is 4.79 Å². The lowest BCUT2D eigenvalue weighted by molar-refractivity contribution is 0.0699. The molecule has 2 rings (SSSR count). The van der Waals surface area contributed by atoms with Crippen molar-refractivity contribution in [2.45, 2.75) is 0 Å². The Labute approximate surface area is 96.9 Å². The third kappa shape index (κ3) is 1.58. The molecule has 4 heteroatoms. The number of fused-ring (bicyclic) bond motifs is 1. The highest BCUT2D eigenvalue weighted by Gasteiger charge is 2.13. The van der Waals surface area contributed by atoms with E-state index in [0.29, 0.717) is 21.9 Å². The summed E-state index contributed by atoms with van der Waals surface area (Å²) in [6, 6.07) is 11.5. The highest BCUT2D eigenvalue weighted by atomic mass is 16.4. The molecule has 0 fully saturated rings. The topological polar surface area (TPSA) is 84.9 Å². The van der Waals surface area contributed by atoms with Crippen molar-refractivity contribution in [1.29, 1.82) is 10.5 Å². The van der Waals surface area contributed by atoms with E-state index < -0.39 is 5.97 Å². The van der Waals surface area contributed by atoms with Crippen molar-refractivity contribution in [1.82, 2.24) is 0 Å². The molecule has 80 valence electrons. The molecular weight excluding hydrogens is 216 g/mol. The molecule has 2 aromatic rings. The van der Waals surface area contributed by atoms with Crippen LogP contribution in [0.4, 0.5) is 0 Å². The third-order valence-corrected chi connectivity index (χ3v) is 2.51. The van der Waals surface area contributed by atoms with Gasteiger partial charge in [0.1, 0.15) is 0 Å². The third-order valence-electron chi connectivity index (χ3n) is 2.51. The van der Waals surface area contributed by atoms with Crippen LogP contribution in [-0.4, -0.2) is 11.1 Å². The number of carboxylic acid groups (broad SMARTS) is 1. The van der Waals surface area contributed by atoms with Gasteiger partial charge in [0.05, 0.1) is 28.8 Å². The first-order valence-corrected chi connectivity index (χ1v) is 4.78. The van der Waals surface area contributed by atoms with E-state index in [4.69, 9.17) is 15.6 Å². The molecule has 0 bridgehead atoms. The fraction of sp³-hybridized carbons (Fsp3) is 0. The molecule has 17 heavy (non-hydrogen) atoms. The van der Waals surface area contributed by atoms with Crippen molar-refractivity contribution >= 4 is 16.7 Å². The summed E-state index contributed by atoms with van der Waals surface area (Å²) in [7, 11) is 0. The monoisotopic (exact) mass is 222 g/mol. The van der Waals surface area contributed by atoms with E-state index in [1.165, 1.54) is 12.1 Å². The van der Waals surface area contributed by atoms with Crippen LogP contribution >= 0.6 is 0 Å². The minimum atomic E-state index is -1.07. The molecular formula is C13H6N2O2. The Balaban J connectivity index is 3.02. The van der Waals surface area contributed by atoms with Gasteiger partial charge < -0.3 is 5.11 Å². The Morgan fingerprint density at radius 3 is 2.29 bits per heavy atom. The van der Waals surface area contributed by atoms with E-state index in [1.54, 1.807) is 18.2 Å². The lowest BCUT2D eigenvalue weighted by Crippen LogP contribution is -1.99. The van der Waals surface area contributed by atoms with Crippen molar-refractivity contribution in [3.05, 3.63) is 47.0 Å². The highest BCUT2D eigenvalue weighted by Crippen LogP contribution is 2.25. The van der Waals surface area contributed by atoms with E-state index in [0.717, 1.165) is 0 Å². The van der Waals surface area contributed by atoms with Crippen LogP contribution < -0.4 is 0 Å². The maximum Gasteiger partial charge on any atom is 0.336 e. The van der Waals surface area contributed by atoms with Gasteiger partial charge in [0.2, 0.25) is 0 Å². The Hall–Kier alpha value is -2.85. The predicted molar refractivity (Wildman–Crippen MR) is 60.3 cm³/mol. The van der Waals surface area contributed by atoms with Crippen LogP contribution in [0.3, 0.4) is 0 Å². The van der Waals surface area contributed by atoms with Crippen molar-refractivity contribution in [2.75, 3.05) is 0 Å². The lowest BCUT2D eigenvalue weighted by atomic mass is 9.96. The van der Waals surface area contributed by atoms with Gasteiger partial charge in [-0.15, -0.1) is 0 Å². The summed E-state index contributed by atoms with van der Waals surface area (Å²) in [4.78, 5) is 11.0. The average molecular weight is 222 g/mol. The predicted octanol–water partition coefficient (Wildman–Crippen LogP) is 2.28. The lowest BCUT2D eigenvalue weighted by Gasteiger charge is -2.05. The van der Waals surface area contributed by atoms with Gasteiger partial charge in [0.25, 0.3) is 0 Å². The Kier molecular flexibility index (Phi) is 2.48. The summed E-state index contributed by atoms with van der Waals surface area (Å²) in [5.41, 5.74) is 0.709. The van der Waals surface area contributed by atoms with E-state index in [-0.39, 0.29) is 5.56 Å². The van der Waals surface area contributed by atoms with Gasteiger partial charge in [0, 0.05) is 5.39 Å². The molecule has 0 aromatic heterocycles. The quantitative estimate of drug-likeness (QED) is 0.802. The van der Waals surface area contributed by atoms with Crippen molar-refractivity contribution in [3.8, 4) is 12.1 Å². The summed E-state index contributed by atoms with van der Waals surface area (Å²) in [6.45, 7) is 0. The maximum atomic E-state index is 11.0. The number of benzene rings is 2. The fourth-order valence-electron chi connectivity index (χ4n) is 1.78. The molecule has 0 aliphatic heterocycles. The summed E-state index contributed by atoms with van der Waals surface area (Å²) >= 11 is 0. The molecule has 0 heterocycles. The number of nitrogens with zero attached hydrogens (tertiary/aromatic N) is 2. The summed E-state index contributed by atoms with van der Waals surface area (Å²) in [5.74, 6) is -1.07. The SMILES string of the molecule is N#Cc1cccc2c(C(=O)O)ccc(C#N)c12. The summed E-state index contributed by atoms with van der Waals surface area (Å²) in [5, 5.41) is 27.8. The van der Waals surface area contributed by atoms with Crippen LogP contribution in [0.25, 0.3) is 10.8 Å². The number of hydrogen-bond donors (Lipinski definition) is 1. The zero-order chi connectivity index (χ0) is 12.4. The van der Waals surface area contributed by atoms with Crippen LogP contribution in [0.2, 0.25) is 0 Å². The molecule has 0 spiro atoms. The van der Waals surface area contributed by atoms with Crippen molar-refractivity contribution < 1.29 is 9.90 Å². The molecule has 0 atom stereocenters. The van der Waals surface area contributed by atoms with Crippen LogP contribution in [0, 0.1) is 22.7 Å². The Morgan fingerprint density at radius 1 is 1.06 bits per heavy atom. The molecule has 4 nitrogen and oxygen atoms in total. The van der Waals surface area contributed by atoms with Crippen molar-refractivity contribution in [2.24, 2.45) is 0 Å². The molecule has 0 aliphatic rings. The molecule has 0 saturated heterocycles. The second kappa shape index (κ2) is 3.96. The van der Waals surface area contributed by atoms with Crippen LogP contribution in [-0.2, 0) is 0 Å². The Bertz CT molecular complexity index is 685. The van der Waals surface area contributed by atoms with Gasteiger partial charge in [-0.1, -0.05) is 12.1 Å². The van der Waals surface area contributed by atoms with Crippen molar-refractivity contribution in [3.63, 3.8) is 0 Å². The second-order valence-electron chi connectivity index (χ2n) is 3.42. The Morgan fingerprint density at radius 2 is 1.71 bits per heavy atom. The largest absolute Gasteiger partial charge is 0.478 e. The first-order valence-electron chi connectivity index (χ1n) is 4.78. The van der Waals surface area contributed by atoms with Crippen LogP contribution in [0.15, 0.2) is 30.3 Å². The summed E-state index contributed by atoms with van der Waals surface area (Å²) in [6.07, 6.45) is 0. The first-order chi connectivity index (χ1) is 8.19. The summed E-state index contributed by atoms with van der Waals surface area (Å²) < 4.78 is 0. The number of aromatic carboxylic acids is 1. The number of nitriles is 2.